The molecule has 0 spiro atoms. The van der Waals surface area contributed by atoms with Gasteiger partial charge in [-0.25, -0.2) is 4.79 Å². The number of ether oxygens (including phenoxy) is 4. The molecule has 0 saturated carbocycles. The second-order valence-electron chi connectivity index (χ2n) is 9.66. The van der Waals surface area contributed by atoms with Crippen molar-refractivity contribution in [1.82, 2.24) is 4.90 Å². The Kier molecular flexibility index (Phi) is 9.63. The predicted octanol–water partition coefficient (Wildman–Crippen LogP) is 5.41. The van der Waals surface area contributed by atoms with Gasteiger partial charge in [-0.1, -0.05) is 18.2 Å². The number of ketones is 1. The molecular weight excluding hydrogens is 510 g/mol. The maximum Gasteiger partial charge on any atom is 0.323 e. The highest BCUT2D eigenvalue weighted by molar-refractivity contribution is 6.01. The number of hydrogen-bond acceptors (Lipinski definition) is 7. The number of morpholine rings is 1. The molecule has 0 radical (unpaired) electrons. The van der Waals surface area contributed by atoms with Crippen LogP contribution in [0.1, 0.15) is 28.4 Å². The molecule has 0 bridgehead atoms. The average molecular weight is 548 g/mol. The molecule has 0 aliphatic carbocycles. The third-order valence-electron chi connectivity index (χ3n) is 6.99. The summed E-state index contributed by atoms with van der Waals surface area (Å²) in [4.78, 5) is 27.4. The van der Waals surface area contributed by atoms with Gasteiger partial charge in [0.15, 0.2) is 17.3 Å². The first-order chi connectivity index (χ1) is 19.3. The van der Waals surface area contributed by atoms with Crippen LogP contribution < -0.4 is 24.8 Å². The van der Waals surface area contributed by atoms with E-state index in [0.29, 0.717) is 34.1 Å². The highest BCUT2D eigenvalue weighted by Crippen LogP contribution is 2.42. The molecule has 1 saturated heterocycles. The van der Waals surface area contributed by atoms with Gasteiger partial charge in [-0.05, 0) is 61.2 Å². The van der Waals surface area contributed by atoms with E-state index in [2.05, 4.69) is 27.7 Å². The molecule has 0 aromatic heterocycles. The van der Waals surface area contributed by atoms with Gasteiger partial charge in [0.2, 0.25) is 0 Å². The number of urea groups is 1. The molecule has 1 aliphatic heterocycles. The Labute approximate surface area is 235 Å². The minimum absolute atomic E-state index is 0.0968. The first-order valence-electron chi connectivity index (χ1n) is 13.3. The van der Waals surface area contributed by atoms with Crippen LogP contribution in [0.3, 0.4) is 0 Å². The van der Waals surface area contributed by atoms with Crippen LogP contribution in [-0.2, 0) is 11.2 Å². The molecule has 1 heterocycles. The Morgan fingerprint density at radius 1 is 0.900 bits per heavy atom. The number of benzene rings is 3. The van der Waals surface area contributed by atoms with Crippen molar-refractivity contribution >= 4 is 23.2 Å². The third-order valence-corrected chi connectivity index (χ3v) is 6.99. The molecule has 4 rings (SSSR count). The summed E-state index contributed by atoms with van der Waals surface area (Å²) in [6.45, 7) is 7.98. The van der Waals surface area contributed by atoms with Crippen LogP contribution in [0.15, 0.2) is 48.5 Å². The van der Waals surface area contributed by atoms with Crippen molar-refractivity contribution in [2.45, 2.75) is 20.3 Å². The van der Waals surface area contributed by atoms with Gasteiger partial charge < -0.3 is 29.6 Å². The lowest BCUT2D eigenvalue weighted by molar-refractivity contribution is 0.0384. The molecular formula is C31H37N3O6. The van der Waals surface area contributed by atoms with E-state index < -0.39 is 0 Å². The highest BCUT2D eigenvalue weighted by Gasteiger charge is 2.18. The van der Waals surface area contributed by atoms with Crippen molar-refractivity contribution in [2.75, 3.05) is 64.8 Å². The maximum absolute atomic E-state index is 13.0. The number of methoxy groups -OCH3 is 3. The van der Waals surface area contributed by atoms with E-state index in [0.717, 1.165) is 56.1 Å². The number of carbonyl (C=O) groups is 2. The monoisotopic (exact) mass is 547 g/mol. The molecule has 3 aromatic rings. The van der Waals surface area contributed by atoms with Crippen LogP contribution in [0.2, 0.25) is 0 Å². The van der Waals surface area contributed by atoms with Gasteiger partial charge in [-0.15, -0.1) is 0 Å². The van der Waals surface area contributed by atoms with Crippen LogP contribution in [-0.4, -0.2) is 70.9 Å². The SMILES string of the molecule is COc1cc(-c2cc(NC(=O)Nc3ccc(CCN4CCOCC4)cc3C)cc(OC)c2OC)ccc1C(C)=O. The van der Waals surface area contributed by atoms with Crippen molar-refractivity contribution in [2.24, 2.45) is 0 Å². The van der Waals surface area contributed by atoms with Gasteiger partial charge in [0.1, 0.15) is 5.75 Å². The van der Waals surface area contributed by atoms with Gasteiger partial charge in [-0.3, -0.25) is 9.69 Å². The summed E-state index contributed by atoms with van der Waals surface area (Å²) in [7, 11) is 4.61. The van der Waals surface area contributed by atoms with E-state index in [4.69, 9.17) is 18.9 Å². The lowest BCUT2D eigenvalue weighted by atomic mass is 9.99. The molecule has 212 valence electrons. The van der Waals surface area contributed by atoms with Gasteiger partial charge in [0, 0.05) is 42.6 Å². The molecule has 1 fully saturated rings. The van der Waals surface area contributed by atoms with Crippen molar-refractivity contribution in [3.63, 3.8) is 0 Å². The summed E-state index contributed by atoms with van der Waals surface area (Å²) in [6, 6.07) is 14.5. The Morgan fingerprint density at radius 2 is 1.65 bits per heavy atom. The van der Waals surface area contributed by atoms with E-state index in [1.807, 2.05) is 19.1 Å². The first-order valence-corrected chi connectivity index (χ1v) is 13.3. The largest absolute Gasteiger partial charge is 0.496 e. The number of Topliss-reactive ketones (excluding diaryl/α,β-unsaturated/α-hetero) is 1. The zero-order valence-electron chi connectivity index (χ0n) is 23.8. The molecule has 3 aromatic carbocycles. The van der Waals surface area contributed by atoms with Crippen LogP contribution in [0, 0.1) is 6.92 Å². The molecule has 2 amide bonds. The number of rotatable bonds is 10. The smallest absolute Gasteiger partial charge is 0.323 e. The Morgan fingerprint density at radius 3 is 2.30 bits per heavy atom. The lowest BCUT2D eigenvalue weighted by Gasteiger charge is -2.26. The van der Waals surface area contributed by atoms with E-state index >= 15 is 0 Å². The molecule has 40 heavy (non-hydrogen) atoms. The summed E-state index contributed by atoms with van der Waals surface area (Å²) in [6.07, 6.45) is 0.944. The average Bonchev–Trinajstić information content (AvgIpc) is 2.96. The lowest BCUT2D eigenvalue weighted by Crippen LogP contribution is -2.37. The fraction of sp³-hybridized carbons (Fsp3) is 0.355. The summed E-state index contributed by atoms with van der Waals surface area (Å²) in [5.74, 6) is 1.30. The van der Waals surface area contributed by atoms with Crippen LogP contribution >= 0.6 is 0 Å². The fourth-order valence-electron chi connectivity index (χ4n) is 4.82. The Hall–Kier alpha value is -4.08. The van der Waals surface area contributed by atoms with Gasteiger partial charge in [0.05, 0.1) is 40.1 Å². The van der Waals surface area contributed by atoms with E-state index in [1.165, 1.54) is 26.7 Å². The summed E-state index contributed by atoms with van der Waals surface area (Å²) in [5, 5.41) is 5.85. The minimum Gasteiger partial charge on any atom is -0.496 e. The van der Waals surface area contributed by atoms with E-state index in [9.17, 15) is 9.59 Å². The first kappa shape index (κ1) is 28.9. The number of nitrogens with one attached hydrogen (secondary N) is 2. The van der Waals surface area contributed by atoms with Crippen LogP contribution in [0.25, 0.3) is 11.1 Å². The van der Waals surface area contributed by atoms with Crippen LogP contribution in [0.4, 0.5) is 16.2 Å². The van der Waals surface area contributed by atoms with Crippen LogP contribution in [0.5, 0.6) is 17.2 Å². The van der Waals surface area contributed by atoms with Crippen molar-refractivity contribution in [1.29, 1.82) is 0 Å². The number of amides is 2. The predicted molar refractivity (Wildman–Crippen MR) is 156 cm³/mol. The molecule has 0 unspecified atom stereocenters. The number of aryl methyl sites for hydroxylation is 1. The zero-order valence-corrected chi connectivity index (χ0v) is 23.8. The highest BCUT2D eigenvalue weighted by atomic mass is 16.5. The maximum atomic E-state index is 13.0. The number of anilines is 2. The number of nitrogens with zero attached hydrogens (tertiary/aromatic N) is 1. The molecule has 1 aliphatic rings. The summed E-state index contributed by atoms with van der Waals surface area (Å²) < 4.78 is 22.1. The molecule has 2 N–H and O–H groups in total. The second-order valence-corrected chi connectivity index (χ2v) is 9.66. The summed E-state index contributed by atoms with van der Waals surface area (Å²) in [5.41, 5.74) is 5.35. The van der Waals surface area contributed by atoms with Crippen molar-refractivity contribution in [3.05, 3.63) is 65.2 Å². The molecule has 0 atom stereocenters. The third kappa shape index (κ3) is 6.91. The summed E-state index contributed by atoms with van der Waals surface area (Å²) >= 11 is 0. The standard InChI is InChI=1S/C31H37N3O6/c1-20-16-22(10-11-34-12-14-40-15-13-34)6-9-27(20)33-31(36)32-24-18-26(30(39-5)29(19-24)38-4)23-7-8-25(21(2)35)28(17-23)37-3/h6-9,16-19H,10-15H2,1-5H3,(H2,32,33,36). The quantitative estimate of drug-likeness (QED) is 0.328. The normalized spacial score (nSPS) is 13.4. The minimum atomic E-state index is -0.383. The Bertz CT molecular complexity index is 1370. The van der Waals surface area contributed by atoms with Crippen molar-refractivity contribution < 1.29 is 28.5 Å². The number of carbonyl (C=O) groups excluding carboxylic acids is 2. The van der Waals surface area contributed by atoms with Gasteiger partial charge in [-0.2, -0.15) is 0 Å². The molecule has 9 heteroatoms. The molecule has 9 nitrogen and oxygen atoms in total. The van der Waals surface area contributed by atoms with Gasteiger partial charge >= 0.3 is 6.03 Å². The van der Waals surface area contributed by atoms with Crippen molar-refractivity contribution in [3.8, 4) is 28.4 Å². The Balaban J connectivity index is 1.51. The fourth-order valence-corrected chi connectivity index (χ4v) is 4.82. The van der Waals surface area contributed by atoms with E-state index in [-0.39, 0.29) is 11.8 Å². The number of hydrogen-bond donors (Lipinski definition) is 2. The second kappa shape index (κ2) is 13.3. The van der Waals surface area contributed by atoms with Gasteiger partial charge in [0.25, 0.3) is 0 Å². The topological polar surface area (TPSA) is 98.4 Å². The van der Waals surface area contributed by atoms with E-state index in [1.54, 1.807) is 31.4 Å². The zero-order chi connectivity index (χ0) is 28.6.